The van der Waals surface area contributed by atoms with Crippen LogP contribution < -0.4 is 10.3 Å². The number of para-hydroxylation sites is 1. The fourth-order valence-corrected chi connectivity index (χ4v) is 1.97. The van der Waals surface area contributed by atoms with Crippen LogP contribution in [0.2, 0.25) is 0 Å². The molecule has 5 heteroatoms. The molecule has 0 radical (unpaired) electrons. The van der Waals surface area contributed by atoms with Crippen molar-refractivity contribution in [3.05, 3.63) is 40.7 Å². The molecule has 0 aliphatic heterocycles. The second-order valence-electron chi connectivity index (χ2n) is 3.96. The maximum Gasteiger partial charge on any atom is 0.326 e. The molecule has 0 fully saturated rings. The lowest BCUT2D eigenvalue weighted by molar-refractivity contribution is -0.143. The van der Waals surface area contributed by atoms with Crippen molar-refractivity contribution in [1.29, 1.82) is 0 Å². The summed E-state index contributed by atoms with van der Waals surface area (Å²) in [5.74, 6) is 0.0700. The smallest absolute Gasteiger partial charge is 0.326 e. The van der Waals surface area contributed by atoms with Gasteiger partial charge in [0.15, 0.2) is 0 Å². The van der Waals surface area contributed by atoms with E-state index in [0.29, 0.717) is 17.9 Å². The average molecular weight is 261 g/mol. The van der Waals surface area contributed by atoms with Crippen LogP contribution in [0.25, 0.3) is 10.9 Å². The van der Waals surface area contributed by atoms with Crippen LogP contribution >= 0.6 is 0 Å². The minimum absolute atomic E-state index is 0.100. The minimum atomic E-state index is -0.431. The van der Waals surface area contributed by atoms with Crippen molar-refractivity contribution in [2.24, 2.45) is 0 Å². The molecule has 0 saturated carbocycles. The third kappa shape index (κ3) is 2.59. The first-order valence-corrected chi connectivity index (χ1v) is 5.99. The molecule has 1 heterocycles. The van der Waals surface area contributed by atoms with E-state index in [9.17, 15) is 9.59 Å². The Morgan fingerprint density at radius 2 is 2.05 bits per heavy atom. The van der Waals surface area contributed by atoms with E-state index in [-0.39, 0.29) is 12.1 Å². The lowest BCUT2D eigenvalue weighted by Crippen LogP contribution is -2.25. The number of aromatic nitrogens is 1. The predicted octanol–water partition coefficient (Wildman–Crippen LogP) is 1.57. The van der Waals surface area contributed by atoms with Crippen molar-refractivity contribution >= 4 is 16.9 Å². The second kappa shape index (κ2) is 5.56. The number of ether oxygens (including phenoxy) is 2. The maximum atomic E-state index is 12.0. The molecule has 5 nitrogen and oxygen atoms in total. The van der Waals surface area contributed by atoms with Gasteiger partial charge in [-0.05, 0) is 19.1 Å². The molecule has 19 heavy (non-hydrogen) atoms. The first kappa shape index (κ1) is 13.1. The average Bonchev–Trinajstić information content (AvgIpc) is 2.42. The van der Waals surface area contributed by atoms with Crippen LogP contribution in [-0.4, -0.2) is 24.3 Å². The number of benzene rings is 1. The van der Waals surface area contributed by atoms with Gasteiger partial charge in [-0.3, -0.25) is 14.2 Å². The van der Waals surface area contributed by atoms with Crippen molar-refractivity contribution < 1.29 is 14.3 Å². The Balaban J connectivity index is 2.58. The molecule has 0 atom stereocenters. The monoisotopic (exact) mass is 261 g/mol. The van der Waals surface area contributed by atoms with E-state index in [4.69, 9.17) is 9.47 Å². The van der Waals surface area contributed by atoms with Gasteiger partial charge in [0, 0.05) is 11.5 Å². The van der Waals surface area contributed by atoms with Crippen LogP contribution in [0.4, 0.5) is 0 Å². The van der Waals surface area contributed by atoms with Crippen molar-refractivity contribution in [1.82, 2.24) is 4.57 Å². The summed E-state index contributed by atoms with van der Waals surface area (Å²) in [6.07, 6.45) is 0. The van der Waals surface area contributed by atoms with Crippen molar-refractivity contribution in [3.8, 4) is 5.75 Å². The van der Waals surface area contributed by atoms with E-state index < -0.39 is 5.97 Å². The van der Waals surface area contributed by atoms with Crippen LogP contribution in [0, 0.1) is 0 Å². The third-order valence-corrected chi connectivity index (χ3v) is 2.79. The van der Waals surface area contributed by atoms with Crippen molar-refractivity contribution in [3.63, 3.8) is 0 Å². The van der Waals surface area contributed by atoms with Crippen LogP contribution in [0.1, 0.15) is 6.92 Å². The van der Waals surface area contributed by atoms with Crippen LogP contribution in [-0.2, 0) is 16.1 Å². The summed E-state index contributed by atoms with van der Waals surface area (Å²) in [5, 5.41) is 0.786. The summed E-state index contributed by atoms with van der Waals surface area (Å²) >= 11 is 0. The van der Waals surface area contributed by atoms with Gasteiger partial charge in [0.1, 0.15) is 12.3 Å². The quantitative estimate of drug-likeness (QED) is 0.784. The molecule has 2 rings (SSSR count). The number of hydrogen-bond acceptors (Lipinski definition) is 4. The fraction of sp³-hybridized carbons (Fsp3) is 0.286. The molecule has 0 N–H and O–H groups in total. The summed E-state index contributed by atoms with van der Waals surface area (Å²) in [4.78, 5) is 23.6. The number of rotatable bonds is 4. The van der Waals surface area contributed by atoms with Gasteiger partial charge in [-0.15, -0.1) is 0 Å². The van der Waals surface area contributed by atoms with Crippen molar-refractivity contribution in [2.75, 3.05) is 13.7 Å². The molecule has 0 unspecified atom stereocenters. The van der Waals surface area contributed by atoms with E-state index in [0.717, 1.165) is 5.39 Å². The normalized spacial score (nSPS) is 10.4. The highest BCUT2D eigenvalue weighted by atomic mass is 16.5. The topological polar surface area (TPSA) is 57.5 Å². The Kier molecular flexibility index (Phi) is 3.85. The Labute approximate surface area is 110 Å². The van der Waals surface area contributed by atoms with Crippen LogP contribution in [0.5, 0.6) is 5.75 Å². The number of nitrogens with zero attached hydrogens (tertiary/aromatic N) is 1. The highest BCUT2D eigenvalue weighted by Crippen LogP contribution is 2.22. The lowest BCUT2D eigenvalue weighted by atomic mass is 10.2. The van der Waals surface area contributed by atoms with Crippen molar-refractivity contribution in [2.45, 2.75) is 13.5 Å². The van der Waals surface area contributed by atoms with Gasteiger partial charge in [-0.2, -0.15) is 0 Å². The third-order valence-electron chi connectivity index (χ3n) is 2.79. The fourth-order valence-electron chi connectivity index (χ4n) is 1.97. The molecule has 0 amide bonds. The minimum Gasteiger partial charge on any atom is -0.496 e. The largest absolute Gasteiger partial charge is 0.496 e. The van der Waals surface area contributed by atoms with Gasteiger partial charge in [0.2, 0.25) is 0 Å². The maximum absolute atomic E-state index is 12.0. The van der Waals surface area contributed by atoms with E-state index in [1.807, 2.05) is 18.2 Å². The van der Waals surface area contributed by atoms with Gasteiger partial charge in [-0.25, -0.2) is 0 Å². The molecular weight excluding hydrogens is 246 g/mol. The molecule has 0 bridgehead atoms. The first-order valence-electron chi connectivity index (χ1n) is 5.99. The summed E-state index contributed by atoms with van der Waals surface area (Å²) in [6.45, 7) is 1.92. The molecule has 0 spiro atoms. The second-order valence-corrected chi connectivity index (χ2v) is 3.96. The lowest BCUT2D eigenvalue weighted by Gasteiger charge is -2.12. The van der Waals surface area contributed by atoms with E-state index in [1.54, 1.807) is 13.0 Å². The first-order chi connectivity index (χ1) is 9.17. The Morgan fingerprint density at radius 3 is 2.74 bits per heavy atom. The molecule has 0 aliphatic carbocycles. The zero-order valence-corrected chi connectivity index (χ0v) is 10.9. The number of carbonyl (C=O) groups excluding carboxylic acids is 1. The highest BCUT2D eigenvalue weighted by molar-refractivity contribution is 5.86. The molecular formula is C14H15NO4. The van der Waals surface area contributed by atoms with Gasteiger partial charge < -0.3 is 9.47 Å². The van der Waals surface area contributed by atoms with E-state index in [2.05, 4.69) is 0 Å². The summed E-state index contributed by atoms with van der Waals surface area (Å²) in [5.41, 5.74) is 0.364. The number of fused-ring (bicyclic) bond motifs is 1. The van der Waals surface area contributed by atoms with Crippen LogP contribution in [0.15, 0.2) is 35.1 Å². The molecule has 100 valence electrons. The molecule has 1 aromatic heterocycles. The Hall–Kier alpha value is -2.30. The Morgan fingerprint density at radius 1 is 1.32 bits per heavy atom. The van der Waals surface area contributed by atoms with Gasteiger partial charge in [0.25, 0.3) is 5.56 Å². The van der Waals surface area contributed by atoms with Gasteiger partial charge >= 0.3 is 5.97 Å². The van der Waals surface area contributed by atoms with Gasteiger partial charge in [0.05, 0.1) is 19.2 Å². The number of methoxy groups -OCH3 is 1. The molecule has 0 saturated heterocycles. The number of carbonyl (C=O) groups is 1. The molecule has 0 aliphatic rings. The van der Waals surface area contributed by atoms with Crippen LogP contribution in [0.3, 0.4) is 0 Å². The standard InChI is InChI=1S/C14H15NO4/c1-3-19-14(17)9-15-11-7-5-4-6-10(11)12(18-2)8-13(15)16/h4-8H,3,9H2,1-2H3. The number of hydrogen-bond donors (Lipinski definition) is 0. The number of esters is 1. The van der Waals surface area contributed by atoms with E-state index >= 15 is 0 Å². The SMILES string of the molecule is CCOC(=O)Cn1c(=O)cc(OC)c2ccccc21. The van der Waals surface area contributed by atoms with Gasteiger partial charge in [-0.1, -0.05) is 12.1 Å². The summed E-state index contributed by atoms with van der Waals surface area (Å²) < 4.78 is 11.4. The molecule has 2 aromatic rings. The predicted molar refractivity (Wildman–Crippen MR) is 71.4 cm³/mol. The zero-order chi connectivity index (χ0) is 13.8. The summed E-state index contributed by atoms with van der Waals surface area (Å²) in [7, 11) is 1.51. The summed E-state index contributed by atoms with van der Waals surface area (Å²) in [6, 6.07) is 8.65. The zero-order valence-electron chi connectivity index (χ0n) is 10.9. The van der Waals surface area contributed by atoms with E-state index in [1.165, 1.54) is 17.7 Å². The number of pyridine rings is 1. The molecule has 1 aromatic carbocycles. The highest BCUT2D eigenvalue weighted by Gasteiger charge is 2.12. The Bertz CT molecular complexity index is 660.